The van der Waals surface area contributed by atoms with Crippen molar-refractivity contribution in [1.29, 1.82) is 0 Å². The van der Waals surface area contributed by atoms with Crippen molar-refractivity contribution in [2.75, 3.05) is 32.5 Å². The minimum atomic E-state index is -0.170. The standard InChI is InChI=1S/C13H19NO2S/c1-3-14(11-13(15)16-2)9-10-17-12-7-5-4-6-8-12/h4-8H,3,9-11H2,1-2H3. The highest BCUT2D eigenvalue weighted by Gasteiger charge is 2.08. The second kappa shape index (κ2) is 8.14. The van der Waals surface area contributed by atoms with Crippen molar-refractivity contribution in [2.24, 2.45) is 0 Å². The maximum atomic E-state index is 11.1. The molecule has 0 aliphatic rings. The molecule has 1 aromatic rings. The zero-order valence-electron chi connectivity index (χ0n) is 10.4. The van der Waals surface area contributed by atoms with Gasteiger partial charge in [0.1, 0.15) is 0 Å². The molecule has 1 rings (SSSR count). The molecule has 0 aliphatic heterocycles. The molecule has 0 aromatic heterocycles. The number of likely N-dealkylation sites (N-methyl/N-ethyl adjacent to an activating group) is 1. The van der Waals surface area contributed by atoms with E-state index in [0.29, 0.717) is 6.54 Å². The predicted octanol–water partition coefficient (Wildman–Crippen LogP) is 2.27. The summed E-state index contributed by atoms with van der Waals surface area (Å²) in [5.74, 6) is 0.811. The number of carbonyl (C=O) groups is 1. The molecular formula is C13H19NO2S. The molecule has 0 saturated heterocycles. The Kier molecular flexibility index (Phi) is 6.74. The van der Waals surface area contributed by atoms with Crippen molar-refractivity contribution < 1.29 is 9.53 Å². The van der Waals surface area contributed by atoms with E-state index in [9.17, 15) is 4.79 Å². The first-order valence-electron chi connectivity index (χ1n) is 5.73. The number of hydrogen-bond acceptors (Lipinski definition) is 4. The monoisotopic (exact) mass is 253 g/mol. The fraction of sp³-hybridized carbons (Fsp3) is 0.462. The minimum absolute atomic E-state index is 0.170. The van der Waals surface area contributed by atoms with Crippen molar-refractivity contribution in [3.8, 4) is 0 Å². The minimum Gasteiger partial charge on any atom is -0.468 e. The predicted molar refractivity (Wildman–Crippen MR) is 71.3 cm³/mol. The van der Waals surface area contributed by atoms with E-state index < -0.39 is 0 Å². The van der Waals surface area contributed by atoms with Crippen LogP contribution in [-0.4, -0.2) is 43.4 Å². The number of benzene rings is 1. The summed E-state index contributed by atoms with van der Waals surface area (Å²) in [6.07, 6.45) is 0. The zero-order chi connectivity index (χ0) is 12.5. The summed E-state index contributed by atoms with van der Waals surface area (Å²) in [4.78, 5) is 14.5. The number of thioether (sulfide) groups is 1. The zero-order valence-corrected chi connectivity index (χ0v) is 11.2. The highest BCUT2D eigenvalue weighted by Crippen LogP contribution is 2.16. The molecule has 17 heavy (non-hydrogen) atoms. The molecule has 0 N–H and O–H groups in total. The SMILES string of the molecule is CCN(CCSc1ccccc1)CC(=O)OC. The summed E-state index contributed by atoms with van der Waals surface area (Å²) in [5, 5.41) is 0. The van der Waals surface area contributed by atoms with E-state index in [4.69, 9.17) is 0 Å². The van der Waals surface area contributed by atoms with Gasteiger partial charge in [-0.05, 0) is 18.7 Å². The normalized spacial score (nSPS) is 10.5. The van der Waals surface area contributed by atoms with Gasteiger partial charge in [-0.25, -0.2) is 0 Å². The molecule has 0 saturated carbocycles. The van der Waals surface area contributed by atoms with E-state index in [0.717, 1.165) is 18.8 Å². The van der Waals surface area contributed by atoms with Gasteiger partial charge in [0, 0.05) is 17.2 Å². The largest absolute Gasteiger partial charge is 0.468 e. The number of rotatable bonds is 7. The molecule has 4 heteroatoms. The van der Waals surface area contributed by atoms with Crippen molar-refractivity contribution in [2.45, 2.75) is 11.8 Å². The Balaban J connectivity index is 2.26. The van der Waals surface area contributed by atoms with Crippen molar-refractivity contribution in [1.82, 2.24) is 4.90 Å². The first-order valence-corrected chi connectivity index (χ1v) is 6.71. The van der Waals surface area contributed by atoms with Gasteiger partial charge in [0.2, 0.25) is 0 Å². The van der Waals surface area contributed by atoms with Crippen LogP contribution in [0.4, 0.5) is 0 Å². The van der Waals surface area contributed by atoms with Gasteiger partial charge in [-0.3, -0.25) is 9.69 Å². The maximum Gasteiger partial charge on any atom is 0.319 e. The third-order valence-electron chi connectivity index (χ3n) is 2.45. The number of carbonyl (C=O) groups excluding carboxylic acids is 1. The van der Waals surface area contributed by atoms with Crippen LogP contribution in [0.3, 0.4) is 0 Å². The van der Waals surface area contributed by atoms with Crippen LogP contribution in [0, 0.1) is 0 Å². The number of hydrogen-bond donors (Lipinski definition) is 0. The average Bonchev–Trinajstić information content (AvgIpc) is 2.38. The number of nitrogens with zero attached hydrogens (tertiary/aromatic N) is 1. The van der Waals surface area contributed by atoms with Gasteiger partial charge >= 0.3 is 5.97 Å². The lowest BCUT2D eigenvalue weighted by atomic mass is 10.4. The van der Waals surface area contributed by atoms with Crippen LogP contribution in [0.2, 0.25) is 0 Å². The van der Waals surface area contributed by atoms with Gasteiger partial charge in [0.15, 0.2) is 0 Å². The number of esters is 1. The Morgan fingerprint density at radius 2 is 2.06 bits per heavy atom. The van der Waals surface area contributed by atoms with Gasteiger partial charge in [-0.2, -0.15) is 0 Å². The van der Waals surface area contributed by atoms with Crippen LogP contribution in [0.1, 0.15) is 6.92 Å². The second-order valence-electron chi connectivity index (χ2n) is 3.61. The van der Waals surface area contributed by atoms with Crippen molar-refractivity contribution in [3.63, 3.8) is 0 Å². The molecular weight excluding hydrogens is 234 g/mol. The quantitative estimate of drug-likeness (QED) is 0.551. The van der Waals surface area contributed by atoms with Crippen LogP contribution in [0.15, 0.2) is 35.2 Å². The van der Waals surface area contributed by atoms with Crippen LogP contribution in [0.5, 0.6) is 0 Å². The van der Waals surface area contributed by atoms with E-state index in [2.05, 4.69) is 28.7 Å². The number of methoxy groups -OCH3 is 1. The Morgan fingerprint density at radius 3 is 2.65 bits per heavy atom. The molecule has 0 aliphatic carbocycles. The summed E-state index contributed by atoms with van der Waals surface area (Å²) >= 11 is 1.81. The van der Waals surface area contributed by atoms with Gasteiger partial charge in [-0.1, -0.05) is 25.1 Å². The maximum absolute atomic E-state index is 11.1. The van der Waals surface area contributed by atoms with Crippen molar-refractivity contribution in [3.05, 3.63) is 30.3 Å². The first kappa shape index (κ1) is 14.1. The van der Waals surface area contributed by atoms with E-state index in [1.807, 2.05) is 18.2 Å². The van der Waals surface area contributed by atoms with E-state index in [1.54, 1.807) is 11.8 Å². The first-order chi connectivity index (χ1) is 8.26. The van der Waals surface area contributed by atoms with Crippen LogP contribution in [0.25, 0.3) is 0 Å². The summed E-state index contributed by atoms with van der Waals surface area (Å²) in [6.45, 7) is 4.19. The molecule has 0 radical (unpaired) electrons. The fourth-order valence-corrected chi connectivity index (χ4v) is 2.34. The highest BCUT2D eigenvalue weighted by atomic mass is 32.2. The molecule has 94 valence electrons. The summed E-state index contributed by atoms with van der Waals surface area (Å²) < 4.78 is 4.66. The third-order valence-corrected chi connectivity index (χ3v) is 3.44. The Morgan fingerprint density at radius 1 is 1.35 bits per heavy atom. The lowest BCUT2D eigenvalue weighted by Gasteiger charge is -2.18. The summed E-state index contributed by atoms with van der Waals surface area (Å²) in [5.41, 5.74) is 0. The van der Waals surface area contributed by atoms with Gasteiger partial charge in [0.25, 0.3) is 0 Å². The smallest absolute Gasteiger partial charge is 0.319 e. The van der Waals surface area contributed by atoms with E-state index in [-0.39, 0.29) is 5.97 Å². The Bertz CT molecular complexity index is 329. The second-order valence-corrected chi connectivity index (χ2v) is 4.77. The molecule has 1 aromatic carbocycles. The topological polar surface area (TPSA) is 29.5 Å². The van der Waals surface area contributed by atoms with Crippen LogP contribution in [-0.2, 0) is 9.53 Å². The Hall–Kier alpha value is -1.00. The lowest BCUT2D eigenvalue weighted by Crippen LogP contribution is -2.32. The fourth-order valence-electron chi connectivity index (χ4n) is 1.41. The molecule has 3 nitrogen and oxygen atoms in total. The molecule has 0 amide bonds. The lowest BCUT2D eigenvalue weighted by molar-refractivity contribution is -0.141. The van der Waals surface area contributed by atoms with E-state index >= 15 is 0 Å². The molecule has 0 atom stereocenters. The Labute approximate surface area is 107 Å². The van der Waals surface area contributed by atoms with E-state index in [1.165, 1.54) is 12.0 Å². The molecule has 0 spiro atoms. The molecule has 0 heterocycles. The van der Waals surface area contributed by atoms with Gasteiger partial charge < -0.3 is 4.74 Å². The van der Waals surface area contributed by atoms with Crippen LogP contribution < -0.4 is 0 Å². The molecule has 0 bridgehead atoms. The van der Waals surface area contributed by atoms with Crippen LogP contribution >= 0.6 is 11.8 Å². The van der Waals surface area contributed by atoms with Gasteiger partial charge in [0.05, 0.1) is 13.7 Å². The molecule has 0 fully saturated rings. The number of ether oxygens (including phenoxy) is 1. The van der Waals surface area contributed by atoms with Gasteiger partial charge in [-0.15, -0.1) is 11.8 Å². The molecule has 0 unspecified atom stereocenters. The summed E-state index contributed by atoms with van der Waals surface area (Å²) in [7, 11) is 1.43. The average molecular weight is 253 g/mol. The van der Waals surface area contributed by atoms with Crippen molar-refractivity contribution >= 4 is 17.7 Å². The third kappa shape index (κ3) is 5.75. The summed E-state index contributed by atoms with van der Waals surface area (Å²) in [6, 6.07) is 10.3. The highest BCUT2D eigenvalue weighted by molar-refractivity contribution is 7.99.